The zero-order valence-corrected chi connectivity index (χ0v) is 19.0. The molecule has 1 saturated heterocycles. The van der Waals surface area contributed by atoms with E-state index in [4.69, 9.17) is 9.47 Å². The third-order valence-electron chi connectivity index (χ3n) is 5.04. The minimum atomic E-state index is -2.93. The molecule has 3 rings (SSSR count). The predicted molar refractivity (Wildman–Crippen MR) is 115 cm³/mol. The molecule has 9 nitrogen and oxygen atoms in total. The van der Waals surface area contributed by atoms with Crippen LogP contribution in [-0.4, -0.2) is 60.1 Å². The lowest BCUT2D eigenvalue weighted by Gasteiger charge is -2.15. The van der Waals surface area contributed by atoms with Gasteiger partial charge in [-0.15, -0.1) is 10.2 Å². The Hall–Kier alpha value is -2.27. The van der Waals surface area contributed by atoms with E-state index in [0.717, 1.165) is 5.82 Å². The first-order valence-electron chi connectivity index (χ1n) is 9.50. The number of anilines is 1. The van der Waals surface area contributed by atoms with Crippen LogP contribution < -0.4 is 14.8 Å². The van der Waals surface area contributed by atoms with Crippen molar-refractivity contribution in [2.24, 2.45) is 13.0 Å². The molecular weight excluding hydrogens is 428 g/mol. The van der Waals surface area contributed by atoms with E-state index in [1.807, 2.05) is 11.6 Å². The summed E-state index contributed by atoms with van der Waals surface area (Å²) in [6, 6.07) is 5.18. The van der Waals surface area contributed by atoms with Crippen molar-refractivity contribution >= 4 is 33.2 Å². The Balaban J connectivity index is 1.64. The molecule has 2 atom stereocenters. The summed E-state index contributed by atoms with van der Waals surface area (Å²) in [5.41, 5.74) is 0.524. The number of thioether (sulfide) groups is 1. The molecule has 1 aliphatic heterocycles. The smallest absolute Gasteiger partial charge is 0.237 e. The highest BCUT2D eigenvalue weighted by molar-refractivity contribution is 8.00. The highest BCUT2D eigenvalue weighted by atomic mass is 32.2. The second-order valence-electron chi connectivity index (χ2n) is 7.25. The number of hydrogen-bond acceptors (Lipinski definition) is 8. The van der Waals surface area contributed by atoms with Crippen LogP contribution in [0.5, 0.6) is 11.5 Å². The maximum atomic E-state index is 12.7. The predicted octanol–water partition coefficient (Wildman–Crippen LogP) is 1.93. The number of carbonyl (C=O) groups excluding carboxylic acids is 1. The number of ether oxygens (including phenoxy) is 2. The van der Waals surface area contributed by atoms with Gasteiger partial charge in [0, 0.05) is 19.5 Å². The van der Waals surface area contributed by atoms with Crippen molar-refractivity contribution in [3.8, 4) is 11.5 Å². The molecule has 164 valence electrons. The molecule has 2 heterocycles. The fourth-order valence-electron chi connectivity index (χ4n) is 3.27. The molecule has 0 aliphatic carbocycles. The van der Waals surface area contributed by atoms with Crippen LogP contribution in [0.1, 0.15) is 19.2 Å². The van der Waals surface area contributed by atoms with Gasteiger partial charge in [0.2, 0.25) is 5.91 Å². The number of rotatable bonds is 8. The number of carbonyl (C=O) groups is 1. The number of aromatic nitrogens is 3. The second-order valence-corrected chi connectivity index (χ2v) is 10.8. The monoisotopic (exact) mass is 454 g/mol. The van der Waals surface area contributed by atoms with Crippen molar-refractivity contribution < 1.29 is 22.7 Å². The van der Waals surface area contributed by atoms with Crippen molar-refractivity contribution in [1.82, 2.24) is 14.8 Å². The number of amides is 1. The summed E-state index contributed by atoms with van der Waals surface area (Å²) in [4.78, 5) is 12.7. The van der Waals surface area contributed by atoms with Gasteiger partial charge in [0.1, 0.15) is 17.3 Å². The zero-order chi connectivity index (χ0) is 21.9. The van der Waals surface area contributed by atoms with Crippen LogP contribution in [-0.2, 0) is 28.1 Å². The maximum absolute atomic E-state index is 12.7. The van der Waals surface area contributed by atoms with Crippen molar-refractivity contribution in [2.75, 3.05) is 31.0 Å². The normalized spacial score (nSPS) is 18.7. The molecule has 0 bridgehead atoms. The van der Waals surface area contributed by atoms with Crippen LogP contribution in [0.2, 0.25) is 0 Å². The number of sulfone groups is 1. The molecule has 30 heavy (non-hydrogen) atoms. The number of methoxy groups -OCH3 is 2. The molecule has 1 aliphatic rings. The average Bonchev–Trinajstić information content (AvgIpc) is 3.23. The van der Waals surface area contributed by atoms with E-state index < -0.39 is 15.1 Å². The first-order valence-corrected chi connectivity index (χ1v) is 12.2. The van der Waals surface area contributed by atoms with E-state index >= 15 is 0 Å². The van der Waals surface area contributed by atoms with E-state index in [2.05, 4.69) is 15.5 Å². The van der Waals surface area contributed by atoms with Crippen LogP contribution in [0, 0.1) is 5.92 Å². The van der Waals surface area contributed by atoms with Gasteiger partial charge < -0.3 is 19.4 Å². The summed E-state index contributed by atoms with van der Waals surface area (Å²) >= 11 is 1.29. The first-order chi connectivity index (χ1) is 14.2. The summed E-state index contributed by atoms with van der Waals surface area (Å²) in [7, 11) is 1.99. The Kier molecular flexibility index (Phi) is 6.91. The Bertz CT molecular complexity index is 1020. The minimum absolute atomic E-state index is 0.0667. The topological polar surface area (TPSA) is 112 Å². The molecule has 1 N–H and O–H groups in total. The van der Waals surface area contributed by atoms with Crippen molar-refractivity contribution in [1.29, 1.82) is 0 Å². The van der Waals surface area contributed by atoms with Gasteiger partial charge in [0.25, 0.3) is 0 Å². The Morgan fingerprint density at radius 2 is 2.10 bits per heavy atom. The highest BCUT2D eigenvalue weighted by Gasteiger charge is 2.29. The van der Waals surface area contributed by atoms with Crippen LogP contribution in [0.15, 0.2) is 23.4 Å². The van der Waals surface area contributed by atoms with Crippen molar-refractivity contribution in [3.63, 3.8) is 0 Å². The van der Waals surface area contributed by atoms with Gasteiger partial charge in [-0.05, 0) is 31.4 Å². The van der Waals surface area contributed by atoms with E-state index in [9.17, 15) is 13.2 Å². The van der Waals surface area contributed by atoms with Crippen LogP contribution >= 0.6 is 11.8 Å². The lowest BCUT2D eigenvalue weighted by atomic mass is 10.1. The van der Waals surface area contributed by atoms with Crippen LogP contribution in [0.3, 0.4) is 0 Å². The minimum Gasteiger partial charge on any atom is -0.497 e. The third kappa shape index (κ3) is 5.25. The molecule has 0 spiro atoms. The number of benzene rings is 1. The molecular formula is C19H26N4O5S2. The summed E-state index contributed by atoms with van der Waals surface area (Å²) < 4.78 is 35.7. The van der Waals surface area contributed by atoms with Gasteiger partial charge in [0.05, 0.1) is 36.7 Å². The van der Waals surface area contributed by atoms with E-state index in [1.165, 1.54) is 18.9 Å². The lowest BCUT2D eigenvalue weighted by Crippen LogP contribution is -2.23. The van der Waals surface area contributed by atoms with Gasteiger partial charge in [-0.2, -0.15) is 0 Å². The van der Waals surface area contributed by atoms with Gasteiger partial charge in [-0.1, -0.05) is 11.8 Å². The SMILES string of the molecule is COc1ccc(OC)c(NC(=O)C(C)Sc2nnc(CC3CCS(=O)(=O)C3)n2C)c1. The van der Waals surface area contributed by atoms with Crippen molar-refractivity contribution in [3.05, 3.63) is 24.0 Å². The van der Waals surface area contributed by atoms with Gasteiger partial charge in [-0.3, -0.25) is 4.79 Å². The quantitative estimate of drug-likeness (QED) is 0.602. The van der Waals surface area contributed by atoms with Crippen LogP contribution in [0.4, 0.5) is 5.69 Å². The molecule has 2 aromatic rings. The molecule has 0 radical (unpaired) electrons. The number of nitrogens with zero attached hydrogens (tertiary/aromatic N) is 3. The first kappa shape index (κ1) is 22.4. The largest absolute Gasteiger partial charge is 0.497 e. The highest BCUT2D eigenvalue weighted by Crippen LogP contribution is 2.31. The molecule has 11 heteroatoms. The Morgan fingerprint density at radius 3 is 2.73 bits per heavy atom. The second kappa shape index (κ2) is 9.25. The van der Waals surface area contributed by atoms with Gasteiger partial charge in [0.15, 0.2) is 15.0 Å². The molecule has 0 saturated carbocycles. The molecule has 1 aromatic heterocycles. The maximum Gasteiger partial charge on any atom is 0.237 e. The summed E-state index contributed by atoms with van der Waals surface area (Å²) in [6.07, 6.45) is 1.21. The molecule has 2 unspecified atom stereocenters. The van der Waals surface area contributed by atoms with Gasteiger partial charge >= 0.3 is 0 Å². The van der Waals surface area contributed by atoms with E-state index in [1.54, 1.807) is 32.2 Å². The fraction of sp³-hybridized carbons (Fsp3) is 0.526. The van der Waals surface area contributed by atoms with Crippen molar-refractivity contribution in [2.45, 2.75) is 30.2 Å². The average molecular weight is 455 g/mol. The fourth-order valence-corrected chi connectivity index (χ4v) is 5.97. The summed E-state index contributed by atoms with van der Waals surface area (Å²) in [5, 5.41) is 11.4. The standard InChI is InChI=1S/C19H26N4O5S2/c1-12(18(24)20-15-10-14(27-3)5-6-16(15)28-4)29-19-22-21-17(23(19)2)9-13-7-8-30(25,26)11-13/h5-6,10,12-13H,7-9,11H2,1-4H3,(H,20,24). The van der Waals surface area contributed by atoms with Crippen LogP contribution in [0.25, 0.3) is 0 Å². The molecule has 1 fully saturated rings. The van der Waals surface area contributed by atoms with E-state index in [-0.39, 0.29) is 23.3 Å². The number of nitrogens with one attached hydrogen (secondary N) is 1. The summed E-state index contributed by atoms with van der Waals surface area (Å²) in [5.74, 6) is 2.16. The Morgan fingerprint density at radius 1 is 1.33 bits per heavy atom. The molecule has 1 aromatic carbocycles. The molecule has 1 amide bonds. The van der Waals surface area contributed by atoms with E-state index in [0.29, 0.717) is 35.2 Å². The lowest BCUT2D eigenvalue weighted by molar-refractivity contribution is -0.115. The third-order valence-corrected chi connectivity index (χ3v) is 8.01. The Labute approximate surface area is 180 Å². The summed E-state index contributed by atoms with van der Waals surface area (Å²) in [6.45, 7) is 1.78. The zero-order valence-electron chi connectivity index (χ0n) is 17.4. The number of hydrogen-bond donors (Lipinski definition) is 1. The van der Waals surface area contributed by atoms with Gasteiger partial charge in [-0.25, -0.2) is 8.42 Å².